The maximum atomic E-state index is 13.0. The van der Waals surface area contributed by atoms with E-state index in [0.29, 0.717) is 11.8 Å². The molecule has 0 aliphatic heterocycles. The fourth-order valence-electron chi connectivity index (χ4n) is 0.848. The highest BCUT2D eigenvalue weighted by Crippen LogP contribution is 2.09. The van der Waals surface area contributed by atoms with Crippen LogP contribution in [0.15, 0.2) is 18.2 Å². The van der Waals surface area contributed by atoms with Gasteiger partial charge < -0.3 is 5.73 Å². The van der Waals surface area contributed by atoms with E-state index in [2.05, 4.69) is 0 Å². The van der Waals surface area contributed by atoms with Gasteiger partial charge in [0.05, 0.1) is 5.56 Å². The second-order valence-corrected chi connectivity index (χ2v) is 2.14. The smallest absolute Gasteiger partial charge is 0.153 e. The monoisotopic (exact) mass is 153 g/mol. The van der Waals surface area contributed by atoms with E-state index in [4.69, 9.17) is 5.73 Å². The predicted molar refractivity (Wildman–Crippen MR) is 39.7 cm³/mol. The molecule has 0 amide bonds. The van der Waals surface area contributed by atoms with E-state index in [-0.39, 0.29) is 12.1 Å². The van der Waals surface area contributed by atoms with E-state index in [1.165, 1.54) is 6.07 Å². The van der Waals surface area contributed by atoms with Gasteiger partial charge in [0.15, 0.2) is 6.29 Å². The number of hydrogen-bond donors (Lipinski definition) is 1. The van der Waals surface area contributed by atoms with Crippen LogP contribution in [-0.4, -0.2) is 6.29 Å². The van der Waals surface area contributed by atoms with Crippen molar-refractivity contribution >= 4 is 6.29 Å². The first-order chi connectivity index (χ1) is 5.29. The van der Waals surface area contributed by atoms with Gasteiger partial charge in [-0.15, -0.1) is 0 Å². The van der Waals surface area contributed by atoms with Gasteiger partial charge in [-0.25, -0.2) is 4.39 Å². The summed E-state index contributed by atoms with van der Waals surface area (Å²) in [6.45, 7) is 0.119. The lowest BCUT2D eigenvalue weighted by Crippen LogP contribution is -2.01. The van der Waals surface area contributed by atoms with Crippen molar-refractivity contribution in [3.05, 3.63) is 35.1 Å². The summed E-state index contributed by atoms with van der Waals surface area (Å²) in [5.41, 5.74) is 5.65. The molecule has 1 rings (SSSR count). The summed E-state index contributed by atoms with van der Waals surface area (Å²) in [6, 6.07) is 4.58. The fraction of sp³-hybridized carbons (Fsp3) is 0.125. The molecule has 0 radical (unpaired) electrons. The summed E-state index contributed by atoms with van der Waals surface area (Å²) in [7, 11) is 0. The molecule has 0 spiro atoms. The van der Waals surface area contributed by atoms with Crippen molar-refractivity contribution in [3.8, 4) is 0 Å². The van der Waals surface area contributed by atoms with Gasteiger partial charge in [-0.3, -0.25) is 4.79 Å². The Balaban J connectivity index is 3.20. The van der Waals surface area contributed by atoms with Crippen molar-refractivity contribution in [1.29, 1.82) is 0 Å². The van der Waals surface area contributed by atoms with Gasteiger partial charge in [-0.1, -0.05) is 12.1 Å². The SMILES string of the molecule is NCc1cccc(C=O)c1F. The molecule has 3 heteroatoms. The summed E-state index contributed by atoms with van der Waals surface area (Å²) >= 11 is 0. The van der Waals surface area contributed by atoms with E-state index in [0.717, 1.165) is 0 Å². The molecule has 0 aliphatic rings. The summed E-state index contributed by atoms with van der Waals surface area (Å²) in [5.74, 6) is -0.509. The van der Waals surface area contributed by atoms with Crippen LogP contribution < -0.4 is 5.73 Å². The quantitative estimate of drug-likeness (QED) is 0.646. The molecule has 0 aliphatic carbocycles. The molecule has 2 N–H and O–H groups in total. The number of hydrogen-bond acceptors (Lipinski definition) is 2. The number of aldehydes is 1. The average molecular weight is 153 g/mol. The van der Waals surface area contributed by atoms with Crippen molar-refractivity contribution in [2.45, 2.75) is 6.54 Å². The molecule has 58 valence electrons. The third-order valence-corrected chi connectivity index (χ3v) is 1.46. The van der Waals surface area contributed by atoms with Gasteiger partial charge in [0.1, 0.15) is 5.82 Å². The first-order valence-corrected chi connectivity index (χ1v) is 3.22. The molecule has 1 aromatic rings. The van der Waals surface area contributed by atoms with Crippen LogP contribution in [0.4, 0.5) is 4.39 Å². The molecule has 11 heavy (non-hydrogen) atoms. The number of benzene rings is 1. The number of carbonyl (C=O) groups is 1. The van der Waals surface area contributed by atoms with Crippen LogP contribution in [0.2, 0.25) is 0 Å². The molecule has 2 nitrogen and oxygen atoms in total. The zero-order valence-corrected chi connectivity index (χ0v) is 5.88. The van der Waals surface area contributed by atoms with Crippen molar-refractivity contribution in [2.75, 3.05) is 0 Å². The molecule has 0 aromatic heterocycles. The zero-order chi connectivity index (χ0) is 8.27. The minimum absolute atomic E-state index is 0.0629. The van der Waals surface area contributed by atoms with Crippen LogP contribution in [0, 0.1) is 5.82 Å². The van der Waals surface area contributed by atoms with E-state index in [9.17, 15) is 9.18 Å². The Bertz CT molecular complexity index is 273. The van der Waals surface area contributed by atoms with Crippen molar-refractivity contribution in [3.63, 3.8) is 0 Å². The normalized spacial score (nSPS) is 9.64. The van der Waals surface area contributed by atoms with Gasteiger partial charge in [0, 0.05) is 12.1 Å². The molecular weight excluding hydrogens is 145 g/mol. The summed E-state index contributed by atoms with van der Waals surface area (Å²) < 4.78 is 13.0. The lowest BCUT2D eigenvalue weighted by atomic mass is 10.1. The van der Waals surface area contributed by atoms with Crippen LogP contribution in [0.5, 0.6) is 0 Å². The van der Waals surface area contributed by atoms with Gasteiger partial charge in [0.25, 0.3) is 0 Å². The second kappa shape index (κ2) is 3.25. The lowest BCUT2D eigenvalue weighted by Gasteiger charge is -1.99. The van der Waals surface area contributed by atoms with Gasteiger partial charge in [-0.2, -0.15) is 0 Å². The van der Waals surface area contributed by atoms with E-state index in [1.807, 2.05) is 0 Å². The van der Waals surface area contributed by atoms with Crippen LogP contribution in [0.3, 0.4) is 0 Å². The Hall–Kier alpha value is -1.22. The number of halogens is 1. The van der Waals surface area contributed by atoms with Crippen LogP contribution >= 0.6 is 0 Å². The van der Waals surface area contributed by atoms with Crippen molar-refractivity contribution in [1.82, 2.24) is 0 Å². The van der Waals surface area contributed by atoms with Crippen molar-refractivity contribution in [2.24, 2.45) is 5.73 Å². The third-order valence-electron chi connectivity index (χ3n) is 1.46. The third kappa shape index (κ3) is 1.43. The molecule has 0 saturated carbocycles. The highest BCUT2D eigenvalue weighted by atomic mass is 19.1. The zero-order valence-electron chi connectivity index (χ0n) is 5.88. The van der Waals surface area contributed by atoms with Crippen LogP contribution in [0.1, 0.15) is 15.9 Å². The molecule has 1 aromatic carbocycles. The number of carbonyl (C=O) groups excluding carboxylic acids is 1. The highest BCUT2D eigenvalue weighted by Gasteiger charge is 2.03. The Morgan fingerprint density at radius 2 is 2.27 bits per heavy atom. The minimum Gasteiger partial charge on any atom is -0.326 e. The molecular formula is C8H8FNO. The largest absolute Gasteiger partial charge is 0.326 e. The first kappa shape index (κ1) is 7.88. The van der Waals surface area contributed by atoms with E-state index in [1.54, 1.807) is 12.1 Å². The number of nitrogens with two attached hydrogens (primary N) is 1. The van der Waals surface area contributed by atoms with Crippen molar-refractivity contribution < 1.29 is 9.18 Å². The summed E-state index contributed by atoms with van der Waals surface area (Å²) in [6.07, 6.45) is 0.481. The Morgan fingerprint density at radius 1 is 1.55 bits per heavy atom. The first-order valence-electron chi connectivity index (χ1n) is 3.22. The Labute approximate surface area is 63.8 Å². The van der Waals surface area contributed by atoms with E-state index >= 15 is 0 Å². The fourth-order valence-corrected chi connectivity index (χ4v) is 0.848. The number of rotatable bonds is 2. The standard InChI is InChI=1S/C8H8FNO/c9-8-6(4-10)2-1-3-7(8)5-11/h1-3,5H,4,10H2. The molecule has 0 unspecified atom stereocenters. The predicted octanol–water partition coefficient (Wildman–Crippen LogP) is 1.10. The topological polar surface area (TPSA) is 43.1 Å². The molecule has 0 atom stereocenters. The Kier molecular flexibility index (Phi) is 2.33. The summed E-state index contributed by atoms with van der Waals surface area (Å²) in [4.78, 5) is 10.2. The maximum absolute atomic E-state index is 13.0. The van der Waals surface area contributed by atoms with Crippen LogP contribution in [0.25, 0.3) is 0 Å². The molecule has 0 bridgehead atoms. The maximum Gasteiger partial charge on any atom is 0.153 e. The molecule has 0 heterocycles. The summed E-state index contributed by atoms with van der Waals surface area (Å²) in [5, 5.41) is 0. The lowest BCUT2D eigenvalue weighted by molar-refractivity contribution is 0.111. The molecule has 0 fully saturated rings. The highest BCUT2D eigenvalue weighted by molar-refractivity contribution is 5.75. The minimum atomic E-state index is -0.509. The van der Waals surface area contributed by atoms with Crippen LogP contribution in [-0.2, 0) is 6.54 Å². The van der Waals surface area contributed by atoms with E-state index < -0.39 is 5.82 Å². The average Bonchev–Trinajstić information content (AvgIpc) is 2.05. The van der Waals surface area contributed by atoms with Gasteiger partial charge in [-0.05, 0) is 6.07 Å². The van der Waals surface area contributed by atoms with Gasteiger partial charge in [0.2, 0.25) is 0 Å². The Morgan fingerprint density at radius 3 is 2.82 bits per heavy atom. The second-order valence-electron chi connectivity index (χ2n) is 2.14. The van der Waals surface area contributed by atoms with Gasteiger partial charge >= 0.3 is 0 Å². The molecule has 0 saturated heterocycles.